The number of aromatic amines is 1. The number of carbonyl (C=O) groups is 1. The van der Waals surface area contributed by atoms with E-state index in [-0.39, 0.29) is 5.56 Å². The Balaban J connectivity index is 1.86. The van der Waals surface area contributed by atoms with Gasteiger partial charge in [0.25, 0.3) is 5.56 Å². The van der Waals surface area contributed by atoms with Crippen LogP contribution in [0.25, 0.3) is 28.1 Å². The standard InChI is InChI=1S/C27H22ClNO5/c1-32-22-13-16(14-23(33-2)26(22)34-3)9-12-21(30)25-24(17-7-5-4-6-8-17)19-15-18(28)10-11-20(19)29-27(25)31/h4-15H,1-3H3,(H,29,31). The highest BCUT2D eigenvalue weighted by Crippen LogP contribution is 2.38. The van der Waals surface area contributed by atoms with E-state index in [0.29, 0.717) is 44.3 Å². The molecule has 0 radical (unpaired) electrons. The molecule has 34 heavy (non-hydrogen) atoms. The second-order valence-electron chi connectivity index (χ2n) is 7.42. The number of allylic oxidation sites excluding steroid dienone is 1. The third kappa shape index (κ3) is 4.40. The summed E-state index contributed by atoms with van der Waals surface area (Å²) in [6.07, 6.45) is 2.96. The molecule has 0 saturated carbocycles. The van der Waals surface area contributed by atoms with E-state index >= 15 is 0 Å². The maximum Gasteiger partial charge on any atom is 0.260 e. The van der Waals surface area contributed by atoms with Gasteiger partial charge in [0.1, 0.15) is 0 Å². The maximum absolute atomic E-state index is 13.4. The van der Waals surface area contributed by atoms with Crippen LogP contribution >= 0.6 is 11.6 Å². The number of fused-ring (bicyclic) bond motifs is 1. The summed E-state index contributed by atoms with van der Waals surface area (Å²) >= 11 is 6.25. The van der Waals surface area contributed by atoms with Gasteiger partial charge >= 0.3 is 0 Å². The number of nitrogens with one attached hydrogen (secondary N) is 1. The molecule has 0 spiro atoms. The van der Waals surface area contributed by atoms with Crippen molar-refractivity contribution in [3.8, 4) is 28.4 Å². The lowest BCUT2D eigenvalue weighted by Gasteiger charge is -2.13. The molecule has 0 bridgehead atoms. The van der Waals surface area contributed by atoms with Gasteiger partial charge in [-0.1, -0.05) is 48.0 Å². The van der Waals surface area contributed by atoms with E-state index in [1.54, 1.807) is 36.4 Å². The van der Waals surface area contributed by atoms with Crippen LogP contribution in [0.15, 0.2) is 71.5 Å². The molecule has 4 aromatic rings. The molecule has 0 aliphatic heterocycles. The molecule has 0 unspecified atom stereocenters. The van der Waals surface area contributed by atoms with Gasteiger partial charge in [0.05, 0.1) is 26.9 Å². The van der Waals surface area contributed by atoms with Gasteiger partial charge in [-0.2, -0.15) is 0 Å². The largest absolute Gasteiger partial charge is 0.493 e. The Bertz CT molecular complexity index is 1430. The van der Waals surface area contributed by atoms with Gasteiger partial charge in [0, 0.05) is 21.5 Å². The number of benzene rings is 3. The first-order valence-electron chi connectivity index (χ1n) is 10.4. The minimum Gasteiger partial charge on any atom is -0.493 e. The fourth-order valence-electron chi connectivity index (χ4n) is 3.86. The SMILES string of the molecule is COc1cc(C=CC(=O)c2c(-c3ccccc3)c3cc(Cl)ccc3[nH]c2=O)cc(OC)c1OC. The molecule has 0 atom stereocenters. The second kappa shape index (κ2) is 9.85. The van der Waals surface area contributed by atoms with Crippen LogP contribution in [-0.2, 0) is 0 Å². The van der Waals surface area contributed by atoms with Crippen LogP contribution in [-0.4, -0.2) is 32.1 Å². The first-order chi connectivity index (χ1) is 16.5. The van der Waals surface area contributed by atoms with Crippen LogP contribution in [0.3, 0.4) is 0 Å². The number of carbonyl (C=O) groups excluding carboxylic acids is 1. The number of aromatic nitrogens is 1. The van der Waals surface area contributed by atoms with E-state index in [4.69, 9.17) is 25.8 Å². The van der Waals surface area contributed by atoms with Gasteiger partial charge in [-0.25, -0.2) is 0 Å². The van der Waals surface area contributed by atoms with Gasteiger partial charge in [-0.05, 0) is 47.5 Å². The zero-order valence-corrected chi connectivity index (χ0v) is 19.6. The second-order valence-corrected chi connectivity index (χ2v) is 7.85. The summed E-state index contributed by atoms with van der Waals surface area (Å²) in [6.45, 7) is 0. The first kappa shape index (κ1) is 23.1. The molecule has 0 saturated heterocycles. The van der Waals surface area contributed by atoms with Crippen molar-refractivity contribution in [2.45, 2.75) is 0 Å². The number of H-pyrrole nitrogens is 1. The number of halogens is 1. The number of ketones is 1. The third-order valence-electron chi connectivity index (χ3n) is 5.40. The Hall–Kier alpha value is -4.03. The molecule has 7 heteroatoms. The average Bonchev–Trinajstić information content (AvgIpc) is 2.86. The number of hydrogen-bond acceptors (Lipinski definition) is 5. The van der Waals surface area contributed by atoms with Crippen molar-refractivity contribution in [3.05, 3.63) is 93.2 Å². The van der Waals surface area contributed by atoms with Crippen molar-refractivity contribution in [2.75, 3.05) is 21.3 Å². The van der Waals surface area contributed by atoms with Crippen molar-refractivity contribution in [2.24, 2.45) is 0 Å². The van der Waals surface area contributed by atoms with Gasteiger partial charge in [0.15, 0.2) is 17.3 Å². The number of methoxy groups -OCH3 is 3. The summed E-state index contributed by atoms with van der Waals surface area (Å²) in [6, 6.07) is 17.9. The number of hydrogen-bond donors (Lipinski definition) is 1. The summed E-state index contributed by atoms with van der Waals surface area (Å²) in [5.41, 5.74) is 2.06. The molecule has 0 aliphatic rings. The quantitative estimate of drug-likeness (QED) is 0.271. The fourth-order valence-corrected chi connectivity index (χ4v) is 4.03. The van der Waals surface area contributed by atoms with Crippen molar-refractivity contribution in [3.63, 3.8) is 0 Å². The molecule has 0 amide bonds. The number of rotatable bonds is 7. The Morgan fingerprint density at radius 2 is 1.59 bits per heavy atom. The zero-order chi connectivity index (χ0) is 24.2. The molecule has 172 valence electrons. The van der Waals surface area contributed by atoms with Crippen molar-refractivity contribution < 1.29 is 19.0 Å². The highest BCUT2D eigenvalue weighted by atomic mass is 35.5. The third-order valence-corrected chi connectivity index (χ3v) is 5.63. The lowest BCUT2D eigenvalue weighted by atomic mass is 9.94. The first-order valence-corrected chi connectivity index (χ1v) is 10.8. The molecule has 4 rings (SSSR count). The van der Waals surface area contributed by atoms with Crippen LogP contribution in [0.4, 0.5) is 0 Å². The highest BCUT2D eigenvalue weighted by Gasteiger charge is 2.20. The van der Waals surface area contributed by atoms with Crippen LogP contribution in [0, 0.1) is 0 Å². The molecular weight excluding hydrogens is 454 g/mol. The molecule has 0 fully saturated rings. The smallest absolute Gasteiger partial charge is 0.260 e. The molecule has 1 heterocycles. The molecule has 6 nitrogen and oxygen atoms in total. The Kier molecular flexibility index (Phi) is 6.70. The number of pyridine rings is 1. The molecular formula is C27H22ClNO5. The summed E-state index contributed by atoms with van der Waals surface area (Å²) in [5, 5.41) is 1.19. The molecule has 3 aromatic carbocycles. The van der Waals surface area contributed by atoms with Crippen molar-refractivity contribution in [1.82, 2.24) is 4.98 Å². The fraction of sp³-hybridized carbons (Fsp3) is 0.111. The van der Waals surface area contributed by atoms with Gasteiger partial charge in [-0.15, -0.1) is 0 Å². The lowest BCUT2D eigenvalue weighted by molar-refractivity contribution is 0.104. The Morgan fingerprint density at radius 1 is 0.912 bits per heavy atom. The minimum absolute atomic E-state index is 0.0321. The lowest BCUT2D eigenvalue weighted by Crippen LogP contribution is -2.18. The van der Waals surface area contributed by atoms with Crippen molar-refractivity contribution >= 4 is 34.4 Å². The molecule has 0 aliphatic carbocycles. The predicted molar refractivity (Wildman–Crippen MR) is 134 cm³/mol. The van der Waals surface area contributed by atoms with E-state index in [1.165, 1.54) is 27.4 Å². The van der Waals surface area contributed by atoms with Gasteiger partial charge in [-0.3, -0.25) is 9.59 Å². The van der Waals surface area contributed by atoms with E-state index in [0.717, 1.165) is 5.56 Å². The topological polar surface area (TPSA) is 77.6 Å². The van der Waals surface area contributed by atoms with Gasteiger partial charge < -0.3 is 19.2 Å². The summed E-state index contributed by atoms with van der Waals surface area (Å²) in [7, 11) is 4.55. The predicted octanol–water partition coefficient (Wildman–Crippen LogP) is 5.77. The average molecular weight is 476 g/mol. The summed E-state index contributed by atoms with van der Waals surface area (Å²) in [5.74, 6) is 0.910. The minimum atomic E-state index is -0.479. The van der Waals surface area contributed by atoms with E-state index in [1.807, 2.05) is 30.3 Å². The normalized spacial score (nSPS) is 11.1. The van der Waals surface area contributed by atoms with Crippen LogP contribution in [0.1, 0.15) is 15.9 Å². The van der Waals surface area contributed by atoms with E-state index in [2.05, 4.69) is 4.98 Å². The number of ether oxygens (including phenoxy) is 3. The van der Waals surface area contributed by atoms with E-state index < -0.39 is 11.3 Å². The van der Waals surface area contributed by atoms with E-state index in [9.17, 15) is 9.59 Å². The van der Waals surface area contributed by atoms with Gasteiger partial charge in [0.2, 0.25) is 5.75 Å². The molecule has 1 N–H and O–H groups in total. The maximum atomic E-state index is 13.4. The summed E-state index contributed by atoms with van der Waals surface area (Å²) < 4.78 is 16.1. The van der Waals surface area contributed by atoms with Crippen LogP contribution in [0.5, 0.6) is 17.2 Å². The Morgan fingerprint density at radius 3 is 2.21 bits per heavy atom. The monoisotopic (exact) mass is 475 g/mol. The van der Waals surface area contributed by atoms with Crippen molar-refractivity contribution in [1.29, 1.82) is 0 Å². The Labute approximate surface area is 201 Å². The zero-order valence-electron chi connectivity index (χ0n) is 18.8. The van der Waals surface area contributed by atoms with Crippen LogP contribution < -0.4 is 19.8 Å². The highest BCUT2D eigenvalue weighted by molar-refractivity contribution is 6.31. The summed E-state index contributed by atoms with van der Waals surface area (Å²) in [4.78, 5) is 29.2. The van der Waals surface area contributed by atoms with Crippen LogP contribution in [0.2, 0.25) is 5.02 Å². The molecule has 1 aromatic heterocycles.